The second-order valence-electron chi connectivity index (χ2n) is 11.1. The van der Waals surface area contributed by atoms with Crippen molar-refractivity contribution in [2.24, 2.45) is 0 Å². The van der Waals surface area contributed by atoms with Crippen LogP contribution in [0.2, 0.25) is 16.6 Å². The summed E-state index contributed by atoms with van der Waals surface area (Å²) in [7, 11) is -1.87. The number of hydrogen-bond donors (Lipinski definition) is 0. The van der Waals surface area contributed by atoms with Gasteiger partial charge in [-0.05, 0) is 96.5 Å². The molecule has 0 saturated heterocycles. The summed E-state index contributed by atoms with van der Waals surface area (Å²) >= 11 is 0. The van der Waals surface area contributed by atoms with Gasteiger partial charge in [0, 0.05) is 5.56 Å². The maximum Gasteiger partial charge on any atom is 0.146 e. The van der Waals surface area contributed by atoms with Gasteiger partial charge in [0.15, 0.2) is 0 Å². The van der Waals surface area contributed by atoms with Crippen LogP contribution >= 0.6 is 0 Å². The van der Waals surface area contributed by atoms with E-state index in [4.69, 9.17) is 0 Å². The first-order valence-electron chi connectivity index (χ1n) is 13.0. The summed E-state index contributed by atoms with van der Waals surface area (Å²) in [5.41, 5.74) is 8.42. The summed E-state index contributed by atoms with van der Waals surface area (Å²) in [4.78, 5) is 0. The molecule has 0 spiro atoms. The highest BCUT2D eigenvalue weighted by Gasteiger charge is 2.41. The van der Waals surface area contributed by atoms with Crippen molar-refractivity contribution in [1.82, 2.24) is 0 Å². The van der Waals surface area contributed by atoms with Crippen LogP contribution < -0.4 is 0 Å². The average molecular weight is 473 g/mol. The van der Waals surface area contributed by atoms with Gasteiger partial charge >= 0.3 is 0 Å². The van der Waals surface area contributed by atoms with Crippen LogP contribution in [0.1, 0.15) is 52.7 Å². The highest BCUT2D eigenvalue weighted by Crippen LogP contribution is 2.42. The van der Waals surface area contributed by atoms with Crippen LogP contribution in [-0.2, 0) is 0 Å². The Balaban J connectivity index is 1.96. The van der Waals surface area contributed by atoms with E-state index in [0.29, 0.717) is 16.6 Å². The van der Waals surface area contributed by atoms with Crippen molar-refractivity contribution in [2.75, 3.05) is 0 Å². The molecule has 0 atom stereocenters. The largest absolute Gasteiger partial charge is 0.146 e. The Hall–Kier alpha value is -3.08. The molecule has 0 aliphatic heterocycles. The van der Waals surface area contributed by atoms with E-state index in [1.165, 1.54) is 54.2 Å². The number of hydrogen-bond acceptors (Lipinski definition) is 0. The monoisotopic (exact) mass is 472 g/mol. The molecule has 0 saturated carbocycles. The number of benzene rings is 5. The highest BCUT2D eigenvalue weighted by molar-refractivity contribution is 6.90. The van der Waals surface area contributed by atoms with Gasteiger partial charge < -0.3 is 0 Å². The summed E-state index contributed by atoms with van der Waals surface area (Å²) < 4.78 is 0. The molecule has 0 radical (unpaired) electrons. The number of fused-ring (bicyclic) bond motifs is 4. The fourth-order valence-corrected chi connectivity index (χ4v) is 11.8. The van der Waals surface area contributed by atoms with E-state index >= 15 is 0 Å². The Morgan fingerprint density at radius 3 is 1.23 bits per heavy atom. The molecule has 5 aromatic carbocycles. The minimum atomic E-state index is -1.87. The topological polar surface area (TPSA) is 0 Å². The molecule has 0 fully saturated rings. The summed E-state index contributed by atoms with van der Waals surface area (Å²) in [5.74, 6) is 3.88. The summed E-state index contributed by atoms with van der Waals surface area (Å²) in [6, 6.07) is 26.9. The van der Waals surface area contributed by atoms with Crippen LogP contribution in [0.25, 0.3) is 43.1 Å². The second kappa shape index (κ2) is 8.85. The molecule has 0 unspecified atom stereocenters. The van der Waals surface area contributed by atoms with Crippen LogP contribution in [-0.4, -0.2) is 8.07 Å². The molecule has 176 valence electrons. The van der Waals surface area contributed by atoms with Gasteiger partial charge in [-0.15, -0.1) is 5.54 Å². The third kappa shape index (κ3) is 3.76. The lowest BCUT2D eigenvalue weighted by atomic mass is 9.89. The average Bonchev–Trinajstić information content (AvgIpc) is 2.83. The summed E-state index contributed by atoms with van der Waals surface area (Å²) in [5, 5.41) is 10.4. The SMILES string of the molecule is Cc1c2cc3ccccc3cc2c(C#C[Si](C(C)C)(C(C)C)C(C)C)c2cc3ccccc3cc12. The molecule has 5 rings (SSSR count). The highest BCUT2D eigenvalue weighted by atomic mass is 28.3. The van der Waals surface area contributed by atoms with Gasteiger partial charge in [-0.3, -0.25) is 0 Å². The van der Waals surface area contributed by atoms with Crippen LogP contribution in [0.5, 0.6) is 0 Å². The predicted octanol–water partition coefficient (Wildman–Crippen LogP) is 10.2. The number of rotatable bonds is 3. The zero-order valence-corrected chi connectivity index (χ0v) is 23.2. The zero-order chi connectivity index (χ0) is 24.9. The van der Waals surface area contributed by atoms with Crippen LogP contribution in [0.3, 0.4) is 0 Å². The molecule has 35 heavy (non-hydrogen) atoms. The molecule has 0 nitrogen and oxygen atoms in total. The first kappa shape index (κ1) is 23.6. The Morgan fingerprint density at radius 2 is 0.886 bits per heavy atom. The molecule has 0 aromatic heterocycles. The predicted molar refractivity (Wildman–Crippen MR) is 159 cm³/mol. The maximum atomic E-state index is 4.04. The molecule has 5 aromatic rings. The molecular formula is C34H36Si. The van der Waals surface area contributed by atoms with Crippen molar-refractivity contribution in [2.45, 2.75) is 65.1 Å². The number of aryl methyl sites for hydroxylation is 1. The molecule has 0 aliphatic carbocycles. The lowest BCUT2D eigenvalue weighted by Crippen LogP contribution is -2.43. The smallest absolute Gasteiger partial charge is 0.125 e. The molecule has 0 bridgehead atoms. The van der Waals surface area contributed by atoms with E-state index in [1.54, 1.807) is 0 Å². The van der Waals surface area contributed by atoms with E-state index in [9.17, 15) is 0 Å². The van der Waals surface area contributed by atoms with Crippen molar-refractivity contribution >= 4 is 51.2 Å². The lowest BCUT2D eigenvalue weighted by Gasteiger charge is -2.38. The third-order valence-electron chi connectivity index (χ3n) is 8.39. The van der Waals surface area contributed by atoms with Crippen molar-refractivity contribution in [1.29, 1.82) is 0 Å². The van der Waals surface area contributed by atoms with Gasteiger partial charge in [0.1, 0.15) is 8.07 Å². The van der Waals surface area contributed by atoms with Crippen molar-refractivity contribution in [3.63, 3.8) is 0 Å². The Morgan fingerprint density at radius 1 is 0.543 bits per heavy atom. The van der Waals surface area contributed by atoms with Gasteiger partial charge in [0.05, 0.1) is 0 Å². The second-order valence-corrected chi connectivity index (χ2v) is 16.7. The maximum absolute atomic E-state index is 4.04. The lowest BCUT2D eigenvalue weighted by molar-refractivity contribution is 0.838. The van der Waals surface area contributed by atoms with E-state index in [1.807, 2.05) is 0 Å². The molecule has 0 heterocycles. The molecular weight excluding hydrogens is 436 g/mol. The molecule has 0 N–H and O–H groups in total. The Kier molecular flexibility index (Phi) is 5.98. The van der Waals surface area contributed by atoms with Gasteiger partial charge in [-0.1, -0.05) is 96.0 Å². The van der Waals surface area contributed by atoms with Crippen molar-refractivity contribution in [3.05, 3.63) is 83.9 Å². The summed E-state index contributed by atoms with van der Waals surface area (Å²) in [6.07, 6.45) is 0. The van der Waals surface area contributed by atoms with Gasteiger partial charge in [-0.25, -0.2) is 0 Å². The van der Waals surface area contributed by atoms with E-state index in [0.717, 1.165) is 0 Å². The van der Waals surface area contributed by atoms with Crippen LogP contribution in [0.15, 0.2) is 72.8 Å². The van der Waals surface area contributed by atoms with Crippen molar-refractivity contribution in [3.8, 4) is 11.5 Å². The van der Waals surface area contributed by atoms with Gasteiger partial charge in [-0.2, -0.15) is 0 Å². The van der Waals surface area contributed by atoms with E-state index < -0.39 is 8.07 Å². The molecule has 0 aliphatic rings. The summed E-state index contributed by atoms with van der Waals surface area (Å²) in [6.45, 7) is 16.7. The quantitative estimate of drug-likeness (QED) is 0.139. The standard InChI is InChI=1S/C34H36Si/c1-22(2)35(23(3)4,24(5)6)17-16-30-33-20-28-14-10-8-12-26(28)18-31(33)25(7)32-19-27-13-9-11-15-29(27)21-34(30)32/h8-15,18-24H,1-7H3. The van der Waals surface area contributed by atoms with Crippen LogP contribution in [0, 0.1) is 18.4 Å². The normalized spacial score (nSPS) is 12.4. The minimum Gasteiger partial charge on any atom is -0.125 e. The first-order chi connectivity index (χ1) is 16.7. The van der Waals surface area contributed by atoms with E-state index in [-0.39, 0.29) is 0 Å². The Bertz CT molecular complexity index is 1520. The first-order valence-corrected chi connectivity index (χ1v) is 15.3. The van der Waals surface area contributed by atoms with Crippen LogP contribution in [0.4, 0.5) is 0 Å². The third-order valence-corrected chi connectivity index (χ3v) is 14.7. The molecule has 1 heteroatoms. The fourth-order valence-electron chi connectivity index (χ4n) is 6.54. The van der Waals surface area contributed by atoms with Crippen molar-refractivity contribution < 1.29 is 0 Å². The fraction of sp³-hybridized carbons (Fsp3) is 0.294. The van der Waals surface area contributed by atoms with E-state index in [2.05, 4.69) is 133 Å². The molecule has 0 amide bonds. The minimum absolute atomic E-state index is 0.611. The zero-order valence-electron chi connectivity index (χ0n) is 22.2. The van der Waals surface area contributed by atoms with Gasteiger partial charge in [0.25, 0.3) is 0 Å². The van der Waals surface area contributed by atoms with Gasteiger partial charge in [0.2, 0.25) is 0 Å². The Labute approximate surface area is 211 Å².